The van der Waals surface area contributed by atoms with Gasteiger partial charge in [0.2, 0.25) is 5.88 Å². The number of nitrogens with zero attached hydrogens (tertiary/aromatic N) is 1. The summed E-state index contributed by atoms with van der Waals surface area (Å²) >= 11 is 0. The Morgan fingerprint density at radius 1 is 1.07 bits per heavy atom. The number of carbonyl (C=O) groups excluding carboxylic acids is 1. The second kappa shape index (κ2) is 8.89. The summed E-state index contributed by atoms with van der Waals surface area (Å²) in [5.74, 6) is 0.864. The van der Waals surface area contributed by atoms with E-state index in [-0.39, 0.29) is 11.9 Å². The highest BCUT2D eigenvalue weighted by Gasteiger charge is 2.22. The monoisotopic (exact) mass is 369 g/mol. The highest BCUT2D eigenvalue weighted by Crippen LogP contribution is 2.34. The largest absolute Gasteiger partial charge is 0.438 e. The molecule has 1 amide bonds. The fourth-order valence-electron chi connectivity index (χ4n) is 3.31. The molecule has 1 aromatic heterocycles. The van der Waals surface area contributed by atoms with Gasteiger partial charge in [0.1, 0.15) is 11.3 Å². The van der Waals surface area contributed by atoms with Gasteiger partial charge in [0, 0.05) is 18.8 Å². The number of nitrogens with one attached hydrogen (secondary N) is 2. The molecule has 1 heterocycles. The number of aryl methyl sites for hydroxylation is 4. The van der Waals surface area contributed by atoms with Gasteiger partial charge in [-0.25, -0.2) is 4.98 Å². The molecule has 0 aliphatic carbocycles. The van der Waals surface area contributed by atoms with Crippen LogP contribution in [0.5, 0.6) is 11.6 Å². The molecule has 0 spiro atoms. The highest BCUT2D eigenvalue weighted by molar-refractivity contribution is 6.01. The van der Waals surface area contributed by atoms with Crippen LogP contribution in [0.1, 0.15) is 59.4 Å². The summed E-state index contributed by atoms with van der Waals surface area (Å²) < 4.78 is 6.21. The Morgan fingerprint density at radius 2 is 1.67 bits per heavy atom. The third-order valence-corrected chi connectivity index (χ3v) is 4.72. The minimum Gasteiger partial charge on any atom is -0.438 e. The molecule has 0 aliphatic heterocycles. The van der Waals surface area contributed by atoms with Crippen molar-refractivity contribution in [3.8, 4) is 11.6 Å². The maximum absolute atomic E-state index is 12.7. The number of benzene rings is 1. The first-order chi connectivity index (χ1) is 12.8. The summed E-state index contributed by atoms with van der Waals surface area (Å²) in [5.41, 5.74) is 5.22. The Labute approximate surface area is 162 Å². The lowest BCUT2D eigenvalue weighted by molar-refractivity contribution is 0.0961. The Bertz CT molecular complexity index is 804. The van der Waals surface area contributed by atoms with Gasteiger partial charge in [-0.1, -0.05) is 31.5 Å². The number of anilines is 1. The zero-order valence-electron chi connectivity index (χ0n) is 17.5. The number of pyridine rings is 1. The Balaban J connectivity index is 2.58. The van der Waals surface area contributed by atoms with Gasteiger partial charge in [-0.05, 0) is 57.7 Å². The third-order valence-electron chi connectivity index (χ3n) is 4.72. The molecule has 0 saturated heterocycles. The summed E-state index contributed by atoms with van der Waals surface area (Å²) in [6, 6.07) is 6.33. The van der Waals surface area contributed by atoms with Gasteiger partial charge in [0.15, 0.2) is 0 Å². The minimum atomic E-state index is -0.214. The SMILES string of the molecule is CCC(CC)Nc1cc(C)nc(Oc2c(C)cc(C)cc2C)c1C(=O)NC. The number of ether oxygens (including phenoxy) is 1. The molecule has 27 heavy (non-hydrogen) atoms. The molecule has 2 aromatic rings. The molecular formula is C22H31N3O2. The molecular weight excluding hydrogens is 338 g/mol. The number of aromatic nitrogens is 1. The van der Waals surface area contributed by atoms with Crippen LogP contribution in [0.4, 0.5) is 5.69 Å². The Hall–Kier alpha value is -2.56. The summed E-state index contributed by atoms with van der Waals surface area (Å²) in [6.07, 6.45) is 1.94. The fraction of sp³-hybridized carbons (Fsp3) is 0.455. The zero-order valence-corrected chi connectivity index (χ0v) is 17.5. The van der Waals surface area contributed by atoms with E-state index in [9.17, 15) is 4.79 Å². The van der Waals surface area contributed by atoms with Crippen LogP contribution in [0.2, 0.25) is 0 Å². The van der Waals surface area contributed by atoms with Crippen molar-refractivity contribution >= 4 is 11.6 Å². The third kappa shape index (κ3) is 4.79. The average Bonchev–Trinajstić information content (AvgIpc) is 2.61. The first-order valence-electron chi connectivity index (χ1n) is 9.56. The lowest BCUT2D eigenvalue weighted by atomic mass is 10.1. The van der Waals surface area contributed by atoms with Gasteiger partial charge in [-0.2, -0.15) is 0 Å². The average molecular weight is 370 g/mol. The van der Waals surface area contributed by atoms with Crippen molar-refractivity contribution in [2.45, 2.75) is 60.4 Å². The number of rotatable bonds is 7. The van der Waals surface area contributed by atoms with Crippen molar-refractivity contribution in [1.82, 2.24) is 10.3 Å². The molecule has 5 heteroatoms. The summed E-state index contributed by atoms with van der Waals surface area (Å²) in [7, 11) is 1.62. The normalized spacial score (nSPS) is 10.8. The minimum absolute atomic E-state index is 0.214. The molecule has 0 unspecified atom stereocenters. The second-order valence-corrected chi connectivity index (χ2v) is 7.06. The molecule has 0 atom stereocenters. The highest BCUT2D eigenvalue weighted by atomic mass is 16.5. The smallest absolute Gasteiger partial charge is 0.258 e. The topological polar surface area (TPSA) is 63.3 Å². The lowest BCUT2D eigenvalue weighted by Crippen LogP contribution is -2.24. The van der Waals surface area contributed by atoms with Crippen LogP contribution >= 0.6 is 0 Å². The van der Waals surface area contributed by atoms with Crippen molar-refractivity contribution in [3.05, 3.63) is 46.1 Å². The number of amides is 1. The van der Waals surface area contributed by atoms with Crippen LogP contribution in [0.3, 0.4) is 0 Å². The molecule has 0 bridgehead atoms. The van der Waals surface area contributed by atoms with E-state index in [2.05, 4.69) is 48.5 Å². The molecule has 2 rings (SSSR count). The van der Waals surface area contributed by atoms with Gasteiger partial charge in [0.25, 0.3) is 5.91 Å². The Kier molecular flexibility index (Phi) is 6.83. The van der Waals surface area contributed by atoms with Crippen molar-refractivity contribution in [2.24, 2.45) is 0 Å². The standard InChI is InChI=1S/C22H31N3O2/c1-8-17(9-2)25-18-12-16(6)24-22(19(18)21(26)23-7)27-20-14(4)10-13(3)11-15(20)5/h10-12,17H,8-9H2,1-7H3,(H,23,26)(H,24,25). The van der Waals surface area contributed by atoms with E-state index in [1.165, 1.54) is 5.56 Å². The van der Waals surface area contributed by atoms with E-state index < -0.39 is 0 Å². The second-order valence-electron chi connectivity index (χ2n) is 7.06. The van der Waals surface area contributed by atoms with E-state index in [0.29, 0.717) is 11.4 Å². The number of carbonyl (C=O) groups is 1. The first kappa shape index (κ1) is 20.7. The molecule has 0 fully saturated rings. The van der Waals surface area contributed by atoms with E-state index >= 15 is 0 Å². The maximum atomic E-state index is 12.7. The number of hydrogen-bond donors (Lipinski definition) is 2. The lowest BCUT2D eigenvalue weighted by Gasteiger charge is -2.21. The van der Waals surface area contributed by atoms with E-state index in [0.717, 1.165) is 41.1 Å². The van der Waals surface area contributed by atoms with Crippen molar-refractivity contribution in [3.63, 3.8) is 0 Å². The van der Waals surface area contributed by atoms with E-state index in [4.69, 9.17) is 4.74 Å². The van der Waals surface area contributed by atoms with Crippen LogP contribution < -0.4 is 15.4 Å². The van der Waals surface area contributed by atoms with Crippen LogP contribution in [-0.4, -0.2) is 24.0 Å². The molecule has 2 N–H and O–H groups in total. The van der Waals surface area contributed by atoms with Gasteiger partial charge < -0.3 is 15.4 Å². The Morgan fingerprint density at radius 3 is 2.19 bits per heavy atom. The van der Waals surface area contributed by atoms with Crippen molar-refractivity contribution in [2.75, 3.05) is 12.4 Å². The molecule has 0 aliphatic rings. The van der Waals surface area contributed by atoms with Crippen LogP contribution in [0, 0.1) is 27.7 Å². The summed E-state index contributed by atoms with van der Waals surface area (Å²) in [6.45, 7) is 12.2. The number of hydrogen-bond acceptors (Lipinski definition) is 4. The molecule has 146 valence electrons. The summed E-state index contributed by atoms with van der Waals surface area (Å²) in [5, 5.41) is 6.20. The van der Waals surface area contributed by atoms with Crippen molar-refractivity contribution < 1.29 is 9.53 Å². The predicted molar refractivity (Wildman–Crippen MR) is 111 cm³/mol. The van der Waals surface area contributed by atoms with Crippen LogP contribution in [0.25, 0.3) is 0 Å². The fourth-order valence-corrected chi connectivity index (χ4v) is 3.31. The van der Waals surface area contributed by atoms with Crippen molar-refractivity contribution in [1.29, 1.82) is 0 Å². The molecule has 1 aromatic carbocycles. The van der Waals surface area contributed by atoms with Gasteiger partial charge >= 0.3 is 0 Å². The molecule has 0 radical (unpaired) electrons. The van der Waals surface area contributed by atoms with Crippen LogP contribution in [-0.2, 0) is 0 Å². The van der Waals surface area contributed by atoms with Gasteiger partial charge in [0.05, 0.1) is 5.69 Å². The maximum Gasteiger partial charge on any atom is 0.258 e. The zero-order chi connectivity index (χ0) is 20.1. The van der Waals surface area contributed by atoms with E-state index in [1.807, 2.05) is 26.8 Å². The molecule has 5 nitrogen and oxygen atoms in total. The van der Waals surface area contributed by atoms with Gasteiger partial charge in [-0.3, -0.25) is 4.79 Å². The quantitative estimate of drug-likeness (QED) is 0.715. The summed E-state index contributed by atoms with van der Waals surface area (Å²) in [4.78, 5) is 17.2. The first-order valence-corrected chi connectivity index (χ1v) is 9.56. The van der Waals surface area contributed by atoms with Crippen LogP contribution in [0.15, 0.2) is 18.2 Å². The molecule has 0 saturated carbocycles. The predicted octanol–water partition coefficient (Wildman–Crippen LogP) is 5.07. The van der Waals surface area contributed by atoms with Gasteiger partial charge in [-0.15, -0.1) is 0 Å². The van der Waals surface area contributed by atoms with E-state index in [1.54, 1.807) is 7.05 Å².